The lowest BCUT2D eigenvalue weighted by molar-refractivity contribution is 0.319. The Kier molecular flexibility index (Phi) is 4.51. The summed E-state index contributed by atoms with van der Waals surface area (Å²) >= 11 is 1.77. The van der Waals surface area contributed by atoms with Crippen molar-refractivity contribution < 1.29 is 13.5 Å². The second-order valence-corrected chi connectivity index (χ2v) is 6.10. The van der Waals surface area contributed by atoms with Gasteiger partial charge in [0.05, 0.1) is 12.4 Å². The van der Waals surface area contributed by atoms with E-state index in [0.29, 0.717) is 0 Å². The van der Waals surface area contributed by atoms with E-state index in [2.05, 4.69) is 4.72 Å². The average molecular weight is 225 g/mol. The molecule has 0 bridgehead atoms. The minimum atomic E-state index is -3.24. The molecule has 78 valence electrons. The van der Waals surface area contributed by atoms with Crippen LogP contribution in [0.15, 0.2) is 0 Å². The van der Waals surface area contributed by atoms with Gasteiger partial charge < -0.3 is 5.11 Å². The molecule has 1 atom stereocenters. The molecule has 2 N–H and O–H groups in total. The largest absolute Gasteiger partial charge is 0.395 e. The van der Waals surface area contributed by atoms with Crippen molar-refractivity contribution >= 4 is 21.8 Å². The lowest BCUT2D eigenvalue weighted by Gasteiger charge is -2.21. The monoisotopic (exact) mass is 225 g/mol. The van der Waals surface area contributed by atoms with Gasteiger partial charge in [0, 0.05) is 11.8 Å². The third-order valence-corrected chi connectivity index (χ3v) is 4.49. The van der Waals surface area contributed by atoms with Crippen LogP contribution in [0.2, 0.25) is 0 Å². The Hall–Kier alpha value is 0.220. The van der Waals surface area contributed by atoms with Crippen LogP contribution in [0.5, 0.6) is 0 Å². The van der Waals surface area contributed by atoms with E-state index in [0.717, 1.165) is 24.3 Å². The van der Waals surface area contributed by atoms with Crippen LogP contribution in [0.4, 0.5) is 0 Å². The molecule has 4 nitrogen and oxygen atoms in total. The Morgan fingerprint density at radius 1 is 1.54 bits per heavy atom. The highest BCUT2D eigenvalue weighted by Crippen LogP contribution is 2.17. The number of aliphatic hydroxyl groups excluding tert-OH is 1. The van der Waals surface area contributed by atoms with E-state index in [1.165, 1.54) is 0 Å². The quantitative estimate of drug-likeness (QED) is 0.695. The topological polar surface area (TPSA) is 66.4 Å². The molecule has 1 aliphatic rings. The van der Waals surface area contributed by atoms with Gasteiger partial charge in [-0.05, 0) is 18.6 Å². The molecule has 0 radical (unpaired) electrons. The molecule has 0 aromatic heterocycles. The number of hydrogen-bond acceptors (Lipinski definition) is 4. The Morgan fingerprint density at radius 2 is 2.31 bits per heavy atom. The number of aliphatic hydroxyl groups is 1. The molecule has 0 saturated carbocycles. The molecular formula is C7H15NO3S2. The number of nitrogens with one attached hydrogen (secondary N) is 1. The van der Waals surface area contributed by atoms with Gasteiger partial charge in [0.25, 0.3) is 0 Å². The van der Waals surface area contributed by atoms with Gasteiger partial charge in [-0.2, -0.15) is 11.8 Å². The normalized spacial score (nSPS) is 24.5. The smallest absolute Gasteiger partial charge is 0.214 e. The van der Waals surface area contributed by atoms with Gasteiger partial charge in [0.2, 0.25) is 10.0 Å². The number of hydrogen-bond donors (Lipinski definition) is 2. The lowest BCUT2D eigenvalue weighted by atomic mass is 10.2. The van der Waals surface area contributed by atoms with Gasteiger partial charge >= 0.3 is 0 Å². The molecule has 1 aliphatic heterocycles. The molecule has 1 unspecified atom stereocenters. The predicted octanol–water partition coefficient (Wildman–Crippen LogP) is -0.206. The maximum atomic E-state index is 11.2. The van der Waals surface area contributed by atoms with Crippen molar-refractivity contribution in [2.24, 2.45) is 0 Å². The Labute approximate surface area is 83.2 Å². The third kappa shape index (κ3) is 4.30. The summed E-state index contributed by atoms with van der Waals surface area (Å²) in [7, 11) is -3.24. The van der Waals surface area contributed by atoms with Gasteiger partial charge in [-0.3, -0.25) is 0 Å². The molecule has 6 heteroatoms. The van der Waals surface area contributed by atoms with Crippen molar-refractivity contribution in [1.82, 2.24) is 4.72 Å². The highest BCUT2D eigenvalue weighted by atomic mass is 32.2. The minimum Gasteiger partial charge on any atom is -0.395 e. The highest BCUT2D eigenvalue weighted by Gasteiger charge is 2.19. The Bertz CT molecular complexity index is 234. The fraction of sp³-hybridized carbons (Fsp3) is 1.00. The van der Waals surface area contributed by atoms with Crippen molar-refractivity contribution in [1.29, 1.82) is 0 Å². The van der Waals surface area contributed by atoms with E-state index >= 15 is 0 Å². The first kappa shape index (κ1) is 11.3. The molecule has 1 heterocycles. The van der Waals surface area contributed by atoms with E-state index in [9.17, 15) is 8.42 Å². The minimum absolute atomic E-state index is 0.0651. The first-order valence-electron chi connectivity index (χ1n) is 4.32. The number of rotatable bonds is 4. The van der Waals surface area contributed by atoms with E-state index < -0.39 is 10.0 Å². The van der Waals surface area contributed by atoms with Crippen LogP contribution < -0.4 is 4.72 Å². The third-order valence-electron chi connectivity index (χ3n) is 1.87. The molecular weight excluding hydrogens is 210 g/mol. The molecule has 1 saturated heterocycles. The van der Waals surface area contributed by atoms with E-state index in [1.54, 1.807) is 11.8 Å². The average Bonchev–Trinajstić information content (AvgIpc) is 2.04. The molecule has 1 fully saturated rings. The van der Waals surface area contributed by atoms with E-state index in [-0.39, 0.29) is 18.4 Å². The Balaban J connectivity index is 2.37. The second kappa shape index (κ2) is 5.19. The van der Waals surface area contributed by atoms with Gasteiger partial charge in [0.15, 0.2) is 0 Å². The predicted molar refractivity (Wildman–Crippen MR) is 54.4 cm³/mol. The second-order valence-electron chi connectivity index (χ2n) is 3.07. The fourth-order valence-corrected chi connectivity index (χ4v) is 3.51. The van der Waals surface area contributed by atoms with Gasteiger partial charge in [-0.15, -0.1) is 0 Å². The summed E-state index contributed by atoms with van der Waals surface area (Å²) < 4.78 is 25.0. The van der Waals surface area contributed by atoms with Crippen molar-refractivity contribution in [2.45, 2.75) is 18.9 Å². The Morgan fingerprint density at radius 3 is 2.85 bits per heavy atom. The molecule has 0 aromatic carbocycles. The summed E-state index contributed by atoms with van der Waals surface area (Å²) in [5, 5.41) is 8.51. The SMILES string of the molecule is O=S(=O)(CCO)NC1CCCSC1. The van der Waals surface area contributed by atoms with Crippen molar-refractivity contribution in [3.05, 3.63) is 0 Å². The van der Waals surface area contributed by atoms with Crippen LogP contribution in [0, 0.1) is 0 Å². The summed E-state index contributed by atoms with van der Waals surface area (Å²) in [5.41, 5.74) is 0. The molecule has 0 aromatic rings. The zero-order chi connectivity index (χ0) is 9.73. The van der Waals surface area contributed by atoms with Crippen LogP contribution in [-0.2, 0) is 10.0 Å². The fourth-order valence-electron chi connectivity index (χ4n) is 1.27. The maximum absolute atomic E-state index is 11.2. The van der Waals surface area contributed by atoms with Crippen LogP contribution >= 0.6 is 11.8 Å². The summed E-state index contributed by atoms with van der Waals surface area (Å²) in [6.45, 7) is -0.310. The van der Waals surface area contributed by atoms with E-state index in [4.69, 9.17) is 5.11 Å². The first-order valence-corrected chi connectivity index (χ1v) is 7.13. The van der Waals surface area contributed by atoms with Gasteiger partial charge in [0.1, 0.15) is 0 Å². The number of thioether (sulfide) groups is 1. The van der Waals surface area contributed by atoms with Gasteiger partial charge in [-0.25, -0.2) is 13.1 Å². The summed E-state index contributed by atoms with van der Waals surface area (Å²) in [6, 6.07) is 0.0651. The molecule has 13 heavy (non-hydrogen) atoms. The van der Waals surface area contributed by atoms with Crippen LogP contribution in [0.25, 0.3) is 0 Å². The summed E-state index contributed by atoms with van der Waals surface area (Å²) in [4.78, 5) is 0. The van der Waals surface area contributed by atoms with Crippen molar-refractivity contribution in [2.75, 3.05) is 23.9 Å². The van der Waals surface area contributed by atoms with Crippen molar-refractivity contribution in [3.63, 3.8) is 0 Å². The zero-order valence-corrected chi connectivity index (χ0v) is 9.03. The highest BCUT2D eigenvalue weighted by molar-refractivity contribution is 7.99. The summed E-state index contributed by atoms with van der Waals surface area (Å²) in [5.74, 6) is 1.79. The van der Waals surface area contributed by atoms with Crippen LogP contribution in [0.3, 0.4) is 0 Å². The lowest BCUT2D eigenvalue weighted by Crippen LogP contribution is -2.40. The van der Waals surface area contributed by atoms with Gasteiger partial charge in [-0.1, -0.05) is 0 Å². The van der Waals surface area contributed by atoms with Crippen molar-refractivity contribution in [3.8, 4) is 0 Å². The zero-order valence-electron chi connectivity index (χ0n) is 7.40. The number of sulfonamides is 1. The first-order chi connectivity index (χ1) is 6.14. The van der Waals surface area contributed by atoms with Crippen LogP contribution in [-0.4, -0.2) is 43.4 Å². The molecule has 0 aliphatic carbocycles. The molecule has 0 spiro atoms. The summed E-state index contributed by atoms with van der Waals surface area (Å²) in [6.07, 6.45) is 1.98. The molecule has 0 amide bonds. The standard InChI is InChI=1S/C7H15NO3S2/c9-3-5-13(10,11)8-7-2-1-4-12-6-7/h7-9H,1-6H2. The van der Waals surface area contributed by atoms with E-state index in [1.807, 2.05) is 0 Å². The molecule has 1 rings (SSSR count). The maximum Gasteiger partial charge on any atom is 0.214 e. The van der Waals surface area contributed by atoms with Crippen LogP contribution in [0.1, 0.15) is 12.8 Å².